The van der Waals surface area contributed by atoms with Gasteiger partial charge in [-0.1, -0.05) is 68.8 Å². The highest BCUT2D eigenvalue weighted by atomic mass is 19.2. The smallest absolute Gasteiger partial charge is 0.186 e. The van der Waals surface area contributed by atoms with Gasteiger partial charge in [-0.05, 0) is 41.2 Å². The third-order valence-corrected chi connectivity index (χ3v) is 5.99. The van der Waals surface area contributed by atoms with E-state index in [1.807, 2.05) is 6.07 Å². The van der Waals surface area contributed by atoms with Crippen molar-refractivity contribution in [2.45, 2.75) is 39.4 Å². The van der Waals surface area contributed by atoms with Crippen LogP contribution in [0, 0.1) is 23.4 Å². The van der Waals surface area contributed by atoms with Crippen molar-refractivity contribution in [1.29, 1.82) is 0 Å². The van der Waals surface area contributed by atoms with Crippen molar-refractivity contribution in [2.75, 3.05) is 13.2 Å². The van der Waals surface area contributed by atoms with Gasteiger partial charge in [0.05, 0.1) is 13.2 Å². The zero-order valence-corrected chi connectivity index (χ0v) is 18.3. The van der Waals surface area contributed by atoms with Gasteiger partial charge in [0.2, 0.25) is 0 Å². The molecule has 0 aromatic heterocycles. The van der Waals surface area contributed by atoms with Crippen molar-refractivity contribution in [3.63, 3.8) is 0 Å². The second-order valence-electron chi connectivity index (χ2n) is 8.22. The second kappa shape index (κ2) is 9.88. The minimum Gasteiger partial charge on any atom is -0.348 e. The van der Waals surface area contributed by atoms with E-state index >= 15 is 0 Å². The summed E-state index contributed by atoms with van der Waals surface area (Å²) in [6, 6.07) is 15.1. The lowest BCUT2D eigenvalue weighted by molar-refractivity contribution is -0.207. The van der Waals surface area contributed by atoms with Crippen LogP contribution < -0.4 is 0 Å². The third kappa shape index (κ3) is 4.59. The lowest BCUT2D eigenvalue weighted by Gasteiger charge is -2.29. The molecular weight excluding hydrogens is 413 g/mol. The molecule has 1 heterocycles. The van der Waals surface area contributed by atoms with Crippen LogP contribution in [0.15, 0.2) is 54.6 Å². The van der Waals surface area contributed by atoms with Crippen molar-refractivity contribution in [3.8, 4) is 22.3 Å². The highest BCUT2D eigenvalue weighted by molar-refractivity contribution is 5.71. The number of benzene rings is 3. The summed E-state index contributed by atoms with van der Waals surface area (Å²) in [4.78, 5) is 0. The molecule has 0 atom stereocenters. The molecule has 1 fully saturated rings. The van der Waals surface area contributed by atoms with Crippen molar-refractivity contribution in [3.05, 3.63) is 83.2 Å². The van der Waals surface area contributed by atoms with Gasteiger partial charge in [-0.25, -0.2) is 13.2 Å². The first-order valence-corrected chi connectivity index (χ1v) is 11.1. The Labute approximate surface area is 187 Å². The number of halogens is 3. The third-order valence-electron chi connectivity index (χ3n) is 5.99. The summed E-state index contributed by atoms with van der Waals surface area (Å²) in [6.45, 7) is 5.04. The molecular formula is C27H27F3O2. The van der Waals surface area contributed by atoms with Gasteiger partial charge in [0.25, 0.3) is 0 Å². The molecule has 1 aliphatic heterocycles. The molecule has 0 unspecified atom stereocenters. The van der Waals surface area contributed by atoms with E-state index in [-0.39, 0.29) is 5.56 Å². The Balaban J connectivity index is 1.52. The number of hydrogen-bond donors (Lipinski definition) is 0. The minimum atomic E-state index is -0.846. The van der Waals surface area contributed by atoms with E-state index < -0.39 is 23.7 Å². The molecule has 0 N–H and O–H groups in total. The molecule has 3 aromatic rings. The normalized spacial score (nSPS) is 18.7. The number of ether oxygens (including phenoxy) is 2. The Morgan fingerprint density at radius 2 is 1.44 bits per heavy atom. The highest BCUT2D eigenvalue weighted by Crippen LogP contribution is 2.32. The van der Waals surface area contributed by atoms with Gasteiger partial charge in [-0.3, -0.25) is 0 Å². The SMILES string of the molecule is CCCC1COC(c2ccc(-c3ccc(-c4ccc(CC)c(F)c4F)cc3)cc2F)OC1. The molecule has 1 saturated heterocycles. The van der Waals surface area contributed by atoms with Crippen LogP contribution in [0.4, 0.5) is 13.2 Å². The van der Waals surface area contributed by atoms with Gasteiger partial charge in [0.15, 0.2) is 17.9 Å². The highest BCUT2D eigenvalue weighted by Gasteiger charge is 2.25. The lowest BCUT2D eigenvalue weighted by atomic mass is 9.97. The predicted molar refractivity (Wildman–Crippen MR) is 120 cm³/mol. The fourth-order valence-electron chi connectivity index (χ4n) is 4.12. The van der Waals surface area contributed by atoms with Crippen LogP contribution in [0.1, 0.15) is 44.1 Å². The Morgan fingerprint density at radius 3 is 2.06 bits per heavy atom. The van der Waals surface area contributed by atoms with Crippen molar-refractivity contribution in [2.24, 2.45) is 5.92 Å². The molecule has 1 aliphatic rings. The van der Waals surface area contributed by atoms with Gasteiger partial charge in [-0.2, -0.15) is 0 Å². The molecule has 0 radical (unpaired) electrons. The summed E-state index contributed by atoms with van der Waals surface area (Å²) in [5, 5.41) is 0. The zero-order valence-electron chi connectivity index (χ0n) is 18.3. The molecule has 168 valence electrons. The molecule has 32 heavy (non-hydrogen) atoms. The Kier molecular flexibility index (Phi) is 6.97. The van der Waals surface area contributed by atoms with E-state index in [2.05, 4.69) is 6.92 Å². The van der Waals surface area contributed by atoms with E-state index in [4.69, 9.17) is 9.47 Å². The first-order valence-electron chi connectivity index (χ1n) is 11.1. The Bertz CT molecular complexity index is 1070. The fourth-order valence-corrected chi connectivity index (χ4v) is 4.12. The van der Waals surface area contributed by atoms with Gasteiger partial charge >= 0.3 is 0 Å². The Hall–Kier alpha value is -2.63. The standard InChI is InChI=1S/C27H27F3O2/c1-3-5-17-15-31-27(32-16-17)23-13-11-21(14-24(23)28)19-6-8-20(9-7-19)22-12-10-18(4-2)25(29)26(22)30/h6-14,17,27H,3-5,15-16H2,1-2H3. The quantitative estimate of drug-likeness (QED) is 0.396. The van der Waals surface area contributed by atoms with Gasteiger partial charge in [-0.15, -0.1) is 0 Å². The summed E-state index contributed by atoms with van der Waals surface area (Å²) in [5.41, 5.74) is 2.97. The maximum Gasteiger partial charge on any atom is 0.186 e. The van der Waals surface area contributed by atoms with Crippen molar-refractivity contribution in [1.82, 2.24) is 0 Å². The maximum atomic E-state index is 14.8. The molecule has 0 bridgehead atoms. The van der Waals surface area contributed by atoms with Gasteiger partial charge < -0.3 is 9.47 Å². The molecule has 3 aromatic carbocycles. The minimum absolute atomic E-state index is 0.209. The second-order valence-corrected chi connectivity index (χ2v) is 8.22. The first kappa shape index (κ1) is 22.6. The van der Waals surface area contributed by atoms with E-state index in [1.54, 1.807) is 49.4 Å². The van der Waals surface area contributed by atoms with Crippen LogP contribution in [0.25, 0.3) is 22.3 Å². The molecule has 5 heteroatoms. The van der Waals surface area contributed by atoms with E-state index in [9.17, 15) is 13.2 Å². The molecule has 0 spiro atoms. The predicted octanol–water partition coefficient (Wildman–Crippen LogP) is 7.46. The summed E-state index contributed by atoms with van der Waals surface area (Å²) < 4.78 is 54.9. The van der Waals surface area contributed by atoms with Crippen LogP contribution in [0.3, 0.4) is 0 Å². The molecule has 0 amide bonds. The average molecular weight is 441 g/mol. The van der Waals surface area contributed by atoms with Crippen LogP contribution in [0.2, 0.25) is 0 Å². The zero-order chi connectivity index (χ0) is 22.7. The monoisotopic (exact) mass is 440 g/mol. The van der Waals surface area contributed by atoms with Crippen LogP contribution in [0.5, 0.6) is 0 Å². The maximum absolute atomic E-state index is 14.8. The summed E-state index contributed by atoms with van der Waals surface area (Å²) in [6.07, 6.45) is 1.84. The summed E-state index contributed by atoms with van der Waals surface area (Å²) >= 11 is 0. The van der Waals surface area contributed by atoms with E-state index in [0.29, 0.717) is 47.8 Å². The number of hydrogen-bond acceptors (Lipinski definition) is 2. The average Bonchev–Trinajstić information content (AvgIpc) is 2.82. The van der Waals surface area contributed by atoms with Gasteiger partial charge in [0, 0.05) is 17.0 Å². The van der Waals surface area contributed by atoms with E-state index in [1.165, 1.54) is 6.07 Å². The fraction of sp³-hybridized carbons (Fsp3) is 0.333. The topological polar surface area (TPSA) is 18.5 Å². The van der Waals surface area contributed by atoms with E-state index in [0.717, 1.165) is 18.4 Å². The molecule has 0 saturated carbocycles. The summed E-state index contributed by atoms with van der Waals surface area (Å²) in [7, 11) is 0. The Morgan fingerprint density at radius 1 is 0.781 bits per heavy atom. The number of aryl methyl sites for hydroxylation is 1. The van der Waals surface area contributed by atoms with Crippen LogP contribution in [-0.4, -0.2) is 13.2 Å². The van der Waals surface area contributed by atoms with Crippen molar-refractivity contribution < 1.29 is 22.6 Å². The summed E-state index contributed by atoms with van der Waals surface area (Å²) in [5.74, 6) is -1.69. The molecule has 4 rings (SSSR count). The largest absolute Gasteiger partial charge is 0.348 e. The molecule has 0 aliphatic carbocycles. The van der Waals surface area contributed by atoms with Crippen LogP contribution in [-0.2, 0) is 15.9 Å². The number of rotatable bonds is 6. The van der Waals surface area contributed by atoms with Crippen molar-refractivity contribution >= 4 is 0 Å². The lowest BCUT2D eigenvalue weighted by Crippen LogP contribution is -2.27. The van der Waals surface area contributed by atoms with Gasteiger partial charge in [0.1, 0.15) is 5.82 Å². The first-order chi connectivity index (χ1) is 15.5. The van der Waals surface area contributed by atoms with Crippen LogP contribution >= 0.6 is 0 Å². The molecule has 2 nitrogen and oxygen atoms in total.